The van der Waals surface area contributed by atoms with Crippen LogP contribution in [0, 0.1) is 6.92 Å². The Morgan fingerprint density at radius 1 is 1.20 bits per heavy atom. The molecular weight excluding hydrogens is 414 g/mol. The lowest BCUT2D eigenvalue weighted by atomic mass is 10.0. The lowest BCUT2D eigenvalue weighted by Crippen LogP contribution is -2.47. The summed E-state index contributed by atoms with van der Waals surface area (Å²) >= 11 is 0. The molecule has 1 aliphatic carbocycles. The molecule has 1 aromatic rings. The molecule has 0 bridgehead atoms. The van der Waals surface area contributed by atoms with E-state index in [1.165, 1.54) is 0 Å². The highest BCUT2D eigenvalue weighted by Crippen LogP contribution is 2.37. The lowest BCUT2D eigenvalue weighted by Gasteiger charge is -2.39. The zero-order chi connectivity index (χ0) is 22.6. The molecule has 0 fully saturated rings. The molecule has 30 heavy (non-hydrogen) atoms. The highest BCUT2D eigenvalue weighted by Gasteiger charge is 2.39. The van der Waals surface area contributed by atoms with Gasteiger partial charge < -0.3 is 4.43 Å². The molecule has 0 heterocycles. The summed E-state index contributed by atoms with van der Waals surface area (Å²) in [6.07, 6.45) is 5.47. The summed E-state index contributed by atoms with van der Waals surface area (Å²) in [7, 11) is -5.74. The number of hydrogen-bond donors (Lipinski definition) is 1. The first-order chi connectivity index (χ1) is 13.8. The molecule has 5 nitrogen and oxygen atoms in total. The van der Waals surface area contributed by atoms with Crippen molar-refractivity contribution in [2.24, 2.45) is 0 Å². The van der Waals surface area contributed by atoms with E-state index in [9.17, 15) is 13.2 Å². The fourth-order valence-electron chi connectivity index (χ4n) is 3.18. The molecule has 0 saturated heterocycles. The topological polar surface area (TPSA) is 72.5 Å². The molecule has 0 unspecified atom stereocenters. The maximum absolute atomic E-state index is 12.7. The Morgan fingerprint density at radius 3 is 2.37 bits per heavy atom. The minimum absolute atomic E-state index is 0.000922. The number of carbonyl (C=O) groups excluding carboxylic acids is 1. The Morgan fingerprint density at radius 2 is 1.83 bits per heavy atom. The SMILES string of the molecule is Cc1ccc(S(=O)(=O)NC[C@H](CCC(=O)C2=CCCC2)O[Si](C)(C)C(C)(C)C)cc1. The Kier molecular flexibility index (Phi) is 8.24. The van der Waals surface area contributed by atoms with Gasteiger partial charge in [-0.2, -0.15) is 0 Å². The number of benzene rings is 1. The van der Waals surface area contributed by atoms with Crippen LogP contribution in [0.4, 0.5) is 0 Å². The first-order valence-corrected chi connectivity index (χ1v) is 15.2. The van der Waals surface area contributed by atoms with Crippen LogP contribution < -0.4 is 4.72 Å². The second-order valence-electron chi connectivity index (χ2n) is 9.75. The van der Waals surface area contributed by atoms with E-state index in [-0.39, 0.29) is 28.4 Å². The summed E-state index contributed by atoms with van der Waals surface area (Å²) in [6, 6.07) is 6.78. The molecule has 1 aromatic carbocycles. The molecule has 7 heteroatoms. The Bertz CT molecular complexity index is 867. The fourth-order valence-corrected chi connectivity index (χ4v) is 5.63. The van der Waals surface area contributed by atoms with Crippen LogP contribution >= 0.6 is 0 Å². The van der Waals surface area contributed by atoms with Gasteiger partial charge in [0.15, 0.2) is 14.1 Å². The van der Waals surface area contributed by atoms with Crippen LogP contribution in [0.15, 0.2) is 40.8 Å². The average molecular weight is 452 g/mol. The van der Waals surface area contributed by atoms with Crippen molar-refractivity contribution in [3.05, 3.63) is 41.5 Å². The zero-order valence-electron chi connectivity index (χ0n) is 19.2. The molecule has 2 rings (SSSR count). The number of carbonyl (C=O) groups is 1. The predicted octanol–water partition coefficient (Wildman–Crippen LogP) is 5.12. The van der Waals surface area contributed by atoms with E-state index in [0.717, 1.165) is 30.4 Å². The average Bonchev–Trinajstić information content (AvgIpc) is 3.18. The number of allylic oxidation sites excluding steroid dienone is 2. The number of nitrogens with one attached hydrogen (secondary N) is 1. The normalized spacial score (nSPS) is 16.4. The van der Waals surface area contributed by atoms with Crippen molar-refractivity contribution in [2.45, 2.75) is 88.9 Å². The van der Waals surface area contributed by atoms with Crippen molar-refractivity contribution >= 4 is 24.1 Å². The van der Waals surface area contributed by atoms with Crippen LogP contribution in [0.5, 0.6) is 0 Å². The van der Waals surface area contributed by atoms with E-state index >= 15 is 0 Å². The monoisotopic (exact) mass is 451 g/mol. The quantitative estimate of drug-likeness (QED) is 0.501. The molecule has 0 spiro atoms. The van der Waals surface area contributed by atoms with E-state index < -0.39 is 18.3 Å². The minimum atomic E-state index is -3.63. The summed E-state index contributed by atoms with van der Waals surface area (Å²) < 4.78 is 34.7. The van der Waals surface area contributed by atoms with Crippen molar-refractivity contribution in [3.63, 3.8) is 0 Å². The van der Waals surface area contributed by atoms with Crippen LogP contribution in [0.2, 0.25) is 18.1 Å². The van der Waals surface area contributed by atoms with E-state index in [1.807, 2.05) is 13.0 Å². The number of ketones is 1. The number of hydrogen-bond acceptors (Lipinski definition) is 4. The Balaban J connectivity index is 2.09. The first-order valence-electron chi connectivity index (χ1n) is 10.8. The molecule has 0 aromatic heterocycles. The first kappa shape index (κ1) is 25.0. The van der Waals surface area contributed by atoms with E-state index in [1.54, 1.807) is 24.3 Å². The Labute approximate surface area is 183 Å². The summed E-state index contributed by atoms with van der Waals surface area (Å²) in [6.45, 7) is 12.8. The lowest BCUT2D eigenvalue weighted by molar-refractivity contribution is -0.116. The van der Waals surface area contributed by atoms with Crippen molar-refractivity contribution in [3.8, 4) is 0 Å². The molecule has 1 N–H and O–H groups in total. The maximum atomic E-state index is 12.7. The third-order valence-electron chi connectivity index (χ3n) is 6.19. The molecule has 0 amide bonds. The van der Waals surface area contributed by atoms with E-state index in [0.29, 0.717) is 12.8 Å². The molecule has 1 atom stereocenters. The third kappa shape index (κ3) is 6.87. The highest BCUT2D eigenvalue weighted by atomic mass is 32.2. The number of Topliss-reactive ketones (excluding diaryl/α,β-unsaturated/α-hetero) is 1. The molecular formula is C23H37NO4SSi. The van der Waals surface area contributed by atoms with Crippen molar-refractivity contribution in [2.75, 3.05) is 6.54 Å². The van der Waals surface area contributed by atoms with Gasteiger partial charge in [0.05, 0.1) is 11.0 Å². The zero-order valence-corrected chi connectivity index (χ0v) is 21.1. The van der Waals surface area contributed by atoms with Crippen molar-refractivity contribution in [1.82, 2.24) is 4.72 Å². The summed E-state index contributed by atoms with van der Waals surface area (Å²) in [5.41, 5.74) is 1.93. The molecule has 1 aliphatic rings. The fraction of sp³-hybridized carbons (Fsp3) is 0.609. The van der Waals surface area contributed by atoms with Gasteiger partial charge in [-0.15, -0.1) is 0 Å². The molecule has 0 radical (unpaired) electrons. The number of aryl methyl sites for hydroxylation is 1. The largest absolute Gasteiger partial charge is 0.413 e. The van der Waals surface area contributed by atoms with Crippen LogP contribution in [-0.4, -0.2) is 35.2 Å². The van der Waals surface area contributed by atoms with Crippen LogP contribution in [-0.2, 0) is 19.2 Å². The second kappa shape index (κ2) is 9.89. The number of sulfonamides is 1. The molecule has 0 saturated carbocycles. The summed E-state index contributed by atoms with van der Waals surface area (Å²) in [5.74, 6) is 0.165. The van der Waals surface area contributed by atoms with Crippen molar-refractivity contribution < 1.29 is 17.6 Å². The van der Waals surface area contributed by atoms with Gasteiger partial charge in [-0.05, 0) is 68.4 Å². The number of rotatable bonds is 10. The van der Waals surface area contributed by atoms with E-state index in [2.05, 4.69) is 38.6 Å². The van der Waals surface area contributed by atoms with Gasteiger partial charge in [-0.3, -0.25) is 4.79 Å². The molecule has 0 aliphatic heterocycles. The van der Waals surface area contributed by atoms with Crippen LogP contribution in [0.1, 0.15) is 58.4 Å². The van der Waals surface area contributed by atoms with Crippen LogP contribution in [0.25, 0.3) is 0 Å². The van der Waals surface area contributed by atoms with Crippen LogP contribution in [0.3, 0.4) is 0 Å². The van der Waals surface area contributed by atoms with Gasteiger partial charge in [-0.1, -0.05) is 44.5 Å². The van der Waals surface area contributed by atoms with Gasteiger partial charge in [0.1, 0.15) is 0 Å². The maximum Gasteiger partial charge on any atom is 0.240 e. The van der Waals surface area contributed by atoms with E-state index in [4.69, 9.17) is 4.43 Å². The predicted molar refractivity (Wildman–Crippen MR) is 125 cm³/mol. The Hall–Kier alpha value is -1.28. The van der Waals surface area contributed by atoms with Gasteiger partial charge in [0.2, 0.25) is 10.0 Å². The van der Waals surface area contributed by atoms with Gasteiger partial charge >= 0.3 is 0 Å². The highest BCUT2D eigenvalue weighted by molar-refractivity contribution is 7.89. The molecule has 168 valence electrons. The van der Waals surface area contributed by atoms with Gasteiger partial charge in [-0.25, -0.2) is 13.1 Å². The van der Waals surface area contributed by atoms with Crippen molar-refractivity contribution in [1.29, 1.82) is 0 Å². The van der Waals surface area contributed by atoms with Gasteiger partial charge in [0.25, 0.3) is 0 Å². The third-order valence-corrected chi connectivity index (χ3v) is 12.2. The standard InChI is InChI=1S/C23H37NO4SSi/c1-18-11-14-21(15-12-18)29(26,27)24-17-20(28-30(5,6)23(2,3)4)13-16-22(25)19-9-7-8-10-19/h9,11-12,14-15,20,24H,7-8,10,13,16-17H2,1-6H3/t20-/m0/s1. The smallest absolute Gasteiger partial charge is 0.240 e. The minimum Gasteiger partial charge on any atom is -0.413 e. The summed E-state index contributed by atoms with van der Waals surface area (Å²) in [4.78, 5) is 12.8. The van der Waals surface area contributed by atoms with Gasteiger partial charge in [0, 0.05) is 13.0 Å². The second-order valence-corrected chi connectivity index (χ2v) is 16.3. The summed E-state index contributed by atoms with van der Waals surface area (Å²) in [5, 5.41) is -0.000922.